The van der Waals surface area contributed by atoms with E-state index in [-0.39, 0.29) is 11.9 Å². The van der Waals surface area contributed by atoms with Crippen molar-refractivity contribution in [2.75, 3.05) is 5.75 Å². The van der Waals surface area contributed by atoms with E-state index >= 15 is 0 Å². The van der Waals surface area contributed by atoms with Gasteiger partial charge in [-0.2, -0.15) is 0 Å². The van der Waals surface area contributed by atoms with E-state index in [9.17, 15) is 4.79 Å². The van der Waals surface area contributed by atoms with Crippen molar-refractivity contribution in [1.82, 2.24) is 20.1 Å². The van der Waals surface area contributed by atoms with Crippen LogP contribution in [0, 0.1) is 6.92 Å². The molecule has 32 heavy (non-hydrogen) atoms. The van der Waals surface area contributed by atoms with E-state index in [4.69, 9.17) is 23.2 Å². The van der Waals surface area contributed by atoms with Crippen LogP contribution >= 0.6 is 35.0 Å². The van der Waals surface area contributed by atoms with E-state index in [1.54, 1.807) is 17.8 Å². The largest absolute Gasteiger partial charge is 0.354 e. The summed E-state index contributed by atoms with van der Waals surface area (Å²) >= 11 is 14.0. The van der Waals surface area contributed by atoms with Gasteiger partial charge in [-0.25, -0.2) is 0 Å². The fourth-order valence-corrected chi connectivity index (χ4v) is 4.35. The van der Waals surface area contributed by atoms with Crippen LogP contribution in [0.15, 0.2) is 47.6 Å². The van der Waals surface area contributed by atoms with Crippen LogP contribution in [0.5, 0.6) is 0 Å². The third-order valence-corrected chi connectivity index (χ3v) is 6.91. The van der Waals surface area contributed by atoms with Gasteiger partial charge in [0.05, 0.1) is 15.7 Å². The van der Waals surface area contributed by atoms with E-state index in [1.807, 2.05) is 35.8 Å². The number of amides is 1. The van der Waals surface area contributed by atoms with Crippen molar-refractivity contribution in [3.05, 3.63) is 58.1 Å². The molecule has 0 saturated heterocycles. The van der Waals surface area contributed by atoms with E-state index in [0.29, 0.717) is 16.5 Å². The summed E-state index contributed by atoms with van der Waals surface area (Å²) in [6, 6.07) is 13.9. The van der Waals surface area contributed by atoms with Crippen LogP contribution in [-0.4, -0.2) is 32.5 Å². The van der Waals surface area contributed by atoms with E-state index in [1.165, 1.54) is 5.56 Å². The van der Waals surface area contributed by atoms with Gasteiger partial charge in [-0.15, -0.1) is 10.2 Å². The number of aryl methyl sites for hydroxylation is 1. The van der Waals surface area contributed by atoms with Crippen LogP contribution in [0.1, 0.15) is 45.1 Å². The summed E-state index contributed by atoms with van der Waals surface area (Å²) in [5.74, 6) is 1.70. The zero-order valence-corrected chi connectivity index (χ0v) is 20.9. The topological polar surface area (TPSA) is 59.8 Å². The van der Waals surface area contributed by atoms with Gasteiger partial charge in [-0.3, -0.25) is 9.36 Å². The smallest absolute Gasteiger partial charge is 0.220 e. The fourth-order valence-electron chi connectivity index (χ4n) is 3.11. The summed E-state index contributed by atoms with van der Waals surface area (Å²) in [7, 11) is 0. The number of halogens is 2. The lowest BCUT2D eigenvalue weighted by atomic mass is 10.1. The standard InChI is InChI=1S/C24H28Cl2N4OS/c1-4-17(3)27-22(31)7-5-6-14-32-24-29-28-23(18-10-8-16(2)9-11-18)30(24)19-12-13-20(25)21(26)15-19/h8-13,15,17H,4-7,14H2,1-3H3,(H,27,31). The van der Waals surface area contributed by atoms with E-state index < -0.39 is 0 Å². The molecule has 3 aromatic rings. The maximum Gasteiger partial charge on any atom is 0.220 e. The normalized spacial score (nSPS) is 12.0. The molecule has 0 radical (unpaired) electrons. The Morgan fingerprint density at radius 2 is 1.84 bits per heavy atom. The summed E-state index contributed by atoms with van der Waals surface area (Å²) in [6.45, 7) is 6.14. The van der Waals surface area contributed by atoms with Crippen LogP contribution < -0.4 is 5.32 Å². The highest BCUT2D eigenvalue weighted by Crippen LogP contribution is 2.31. The number of aromatic nitrogens is 3. The van der Waals surface area contributed by atoms with Crippen molar-refractivity contribution in [3.8, 4) is 17.1 Å². The Hall–Kier alpha value is -2.02. The van der Waals surface area contributed by atoms with Gasteiger partial charge < -0.3 is 5.32 Å². The molecule has 0 aliphatic rings. The van der Waals surface area contributed by atoms with E-state index in [0.717, 1.165) is 47.2 Å². The molecule has 1 aromatic heterocycles. The monoisotopic (exact) mass is 490 g/mol. The molecule has 0 saturated carbocycles. The Bertz CT molecular complexity index is 1050. The summed E-state index contributed by atoms with van der Waals surface area (Å²) in [5.41, 5.74) is 3.01. The minimum atomic E-state index is 0.116. The van der Waals surface area contributed by atoms with Gasteiger partial charge in [-0.1, -0.05) is 71.7 Å². The van der Waals surface area contributed by atoms with Crippen LogP contribution in [0.4, 0.5) is 0 Å². The highest BCUT2D eigenvalue weighted by molar-refractivity contribution is 7.99. The molecule has 0 fully saturated rings. The summed E-state index contributed by atoms with van der Waals surface area (Å²) in [4.78, 5) is 12.0. The van der Waals surface area contributed by atoms with Gasteiger partial charge in [0.15, 0.2) is 11.0 Å². The van der Waals surface area contributed by atoms with Gasteiger partial charge >= 0.3 is 0 Å². The second-order valence-electron chi connectivity index (χ2n) is 7.79. The van der Waals surface area contributed by atoms with Gasteiger partial charge in [-0.05, 0) is 51.3 Å². The summed E-state index contributed by atoms with van der Waals surface area (Å²) in [5, 5.41) is 13.7. The molecule has 1 N–H and O–H groups in total. The predicted molar refractivity (Wildman–Crippen MR) is 134 cm³/mol. The second-order valence-corrected chi connectivity index (χ2v) is 9.66. The molecule has 0 bridgehead atoms. The van der Waals surface area contributed by atoms with Gasteiger partial charge in [0.2, 0.25) is 5.91 Å². The zero-order chi connectivity index (χ0) is 23.1. The van der Waals surface area contributed by atoms with Gasteiger partial charge in [0.25, 0.3) is 0 Å². The number of hydrogen-bond acceptors (Lipinski definition) is 4. The minimum absolute atomic E-state index is 0.116. The lowest BCUT2D eigenvalue weighted by Gasteiger charge is -2.12. The fraction of sp³-hybridized carbons (Fsp3) is 0.375. The number of hydrogen-bond donors (Lipinski definition) is 1. The Morgan fingerprint density at radius 3 is 2.53 bits per heavy atom. The number of carbonyl (C=O) groups is 1. The lowest BCUT2D eigenvalue weighted by Crippen LogP contribution is -2.31. The average Bonchev–Trinajstić information content (AvgIpc) is 3.19. The molecule has 2 aromatic carbocycles. The lowest BCUT2D eigenvalue weighted by molar-refractivity contribution is -0.121. The Morgan fingerprint density at radius 1 is 1.09 bits per heavy atom. The van der Waals surface area contributed by atoms with Gasteiger partial charge in [0, 0.05) is 23.8 Å². The molecule has 5 nitrogen and oxygen atoms in total. The minimum Gasteiger partial charge on any atom is -0.354 e. The molecule has 1 unspecified atom stereocenters. The first-order chi connectivity index (χ1) is 15.4. The Labute approximate surface area is 203 Å². The third-order valence-electron chi connectivity index (χ3n) is 5.15. The predicted octanol–water partition coefficient (Wildman–Crippen LogP) is 6.73. The van der Waals surface area contributed by atoms with Crippen molar-refractivity contribution in [2.24, 2.45) is 0 Å². The first-order valence-corrected chi connectivity index (χ1v) is 12.5. The first kappa shape index (κ1) is 24.6. The quantitative estimate of drug-likeness (QED) is 0.252. The highest BCUT2D eigenvalue weighted by Gasteiger charge is 2.17. The maximum absolute atomic E-state index is 12.0. The Kier molecular flexibility index (Phi) is 9.02. The number of rotatable bonds is 10. The van der Waals surface area contributed by atoms with Crippen molar-refractivity contribution >= 4 is 40.9 Å². The van der Waals surface area contributed by atoms with Crippen LogP contribution in [-0.2, 0) is 4.79 Å². The van der Waals surface area contributed by atoms with E-state index in [2.05, 4.69) is 41.5 Å². The highest BCUT2D eigenvalue weighted by atomic mass is 35.5. The van der Waals surface area contributed by atoms with Crippen LogP contribution in [0.25, 0.3) is 17.1 Å². The van der Waals surface area contributed by atoms with Crippen LogP contribution in [0.3, 0.4) is 0 Å². The summed E-state index contributed by atoms with van der Waals surface area (Å²) in [6.07, 6.45) is 3.22. The molecule has 170 valence electrons. The molecule has 0 spiro atoms. The second kappa shape index (κ2) is 11.7. The molecule has 0 aliphatic heterocycles. The average molecular weight is 491 g/mol. The number of carbonyl (C=O) groups excluding carboxylic acids is 1. The molecule has 1 atom stereocenters. The number of thioether (sulfide) groups is 1. The number of benzene rings is 2. The third kappa shape index (κ3) is 6.50. The SMILES string of the molecule is CCC(C)NC(=O)CCCCSc1nnc(-c2ccc(C)cc2)n1-c1ccc(Cl)c(Cl)c1. The van der Waals surface area contributed by atoms with Crippen molar-refractivity contribution < 1.29 is 4.79 Å². The van der Waals surface area contributed by atoms with Gasteiger partial charge in [0.1, 0.15) is 0 Å². The number of unbranched alkanes of at least 4 members (excludes halogenated alkanes) is 1. The molecule has 8 heteroatoms. The van der Waals surface area contributed by atoms with Crippen molar-refractivity contribution in [3.63, 3.8) is 0 Å². The maximum atomic E-state index is 12.0. The first-order valence-electron chi connectivity index (χ1n) is 10.8. The molecule has 1 amide bonds. The van der Waals surface area contributed by atoms with Crippen molar-refractivity contribution in [2.45, 2.75) is 57.7 Å². The molecule has 0 aliphatic carbocycles. The molecule has 3 rings (SSSR count). The molecule has 1 heterocycles. The van der Waals surface area contributed by atoms with Crippen molar-refractivity contribution in [1.29, 1.82) is 0 Å². The molecular weight excluding hydrogens is 463 g/mol. The zero-order valence-electron chi connectivity index (χ0n) is 18.6. The number of nitrogens with zero attached hydrogens (tertiary/aromatic N) is 3. The number of nitrogens with one attached hydrogen (secondary N) is 1. The van der Waals surface area contributed by atoms with Crippen LogP contribution in [0.2, 0.25) is 10.0 Å². The summed E-state index contributed by atoms with van der Waals surface area (Å²) < 4.78 is 2.01. The molecular formula is C24H28Cl2N4OS. The Balaban J connectivity index is 1.74.